The summed E-state index contributed by atoms with van der Waals surface area (Å²) < 4.78 is 6.90. The fraction of sp³-hybridized carbons (Fsp3) is 0.238. The third-order valence-corrected chi connectivity index (χ3v) is 4.40. The Morgan fingerprint density at radius 1 is 1.23 bits per heavy atom. The van der Waals surface area contributed by atoms with E-state index in [1.165, 1.54) is 19.4 Å². The van der Waals surface area contributed by atoms with Crippen molar-refractivity contribution in [2.24, 2.45) is 0 Å². The van der Waals surface area contributed by atoms with Gasteiger partial charge in [-0.3, -0.25) is 0 Å². The number of hydrogen-bond acceptors (Lipinski definition) is 8. The molecule has 9 heteroatoms. The lowest BCUT2D eigenvalue weighted by molar-refractivity contribution is 0.0893. The first-order valence-electron chi connectivity index (χ1n) is 9.24. The molecule has 152 valence electrons. The zero-order chi connectivity index (χ0) is 21.3. The number of fused-ring (bicyclic) bond motifs is 1. The highest BCUT2D eigenvalue weighted by Gasteiger charge is 2.25. The Balaban J connectivity index is 1.82. The summed E-state index contributed by atoms with van der Waals surface area (Å²) in [6, 6.07) is 7.50. The molecule has 1 aromatic carbocycles. The number of aromatic nitrogens is 5. The lowest BCUT2D eigenvalue weighted by atomic mass is 10.1. The Bertz CT molecular complexity index is 1250. The number of oxazole rings is 1. The van der Waals surface area contributed by atoms with E-state index in [0.717, 1.165) is 16.6 Å². The quantitative estimate of drug-likeness (QED) is 0.494. The fourth-order valence-electron chi connectivity index (χ4n) is 3.04. The predicted molar refractivity (Wildman–Crippen MR) is 111 cm³/mol. The molecule has 3 heterocycles. The highest BCUT2D eigenvalue weighted by molar-refractivity contribution is 5.84. The van der Waals surface area contributed by atoms with Gasteiger partial charge in [-0.1, -0.05) is 11.8 Å². The molecule has 0 aliphatic heterocycles. The summed E-state index contributed by atoms with van der Waals surface area (Å²) in [5.74, 6) is 6.69. The van der Waals surface area contributed by atoms with Crippen LogP contribution in [0.5, 0.6) is 0 Å². The van der Waals surface area contributed by atoms with E-state index in [1.54, 1.807) is 16.9 Å². The van der Waals surface area contributed by atoms with Gasteiger partial charge >= 0.3 is 0 Å². The molecular formula is C21H21N7O2. The normalized spacial score (nSPS) is 13.2. The molecule has 0 fully saturated rings. The number of anilines is 1. The van der Waals surface area contributed by atoms with E-state index < -0.39 is 5.60 Å². The molecule has 0 aliphatic rings. The summed E-state index contributed by atoms with van der Waals surface area (Å²) >= 11 is 0. The second-order valence-corrected chi connectivity index (χ2v) is 7.26. The molecule has 3 aromatic heterocycles. The lowest BCUT2D eigenvalue weighted by Crippen LogP contribution is -2.18. The zero-order valence-electron chi connectivity index (χ0n) is 16.9. The van der Waals surface area contributed by atoms with Gasteiger partial charge in [-0.25, -0.2) is 14.6 Å². The minimum atomic E-state index is -1.50. The van der Waals surface area contributed by atoms with Crippen molar-refractivity contribution in [1.29, 1.82) is 0 Å². The van der Waals surface area contributed by atoms with Gasteiger partial charge in [0.2, 0.25) is 11.8 Å². The smallest absolute Gasteiger partial charge is 0.238 e. The van der Waals surface area contributed by atoms with E-state index in [0.29, 0.717) is 17.9 Å². The van der Waals surface area contributed by atoms with E-state index in [1.807, 2.05) is 37.2 Å². The van der Waals surface area contributed by atoms with Crippen molar-refractivity contribution in [2.75, 3.05) is 19.8 Å². The monoisotopic (exact) mass is 403 g/mol. The molecule has 0 amide bonds. The first-order valence-corrected chi connectivity index (χ1v) is 9.24. The molecule has 0 radical (unpaired) electrons. The first-order chi connectivity index (χ1) is 14.3. The van der Waals surface area contributed by atoms with Crippen LogP contribution in [0.15, 0.2) is 47.3 Å². The van der Waals surface area contributed by atoms with Gasteiger partial charge in [0, 0.05) is 29.8 Å². The molecule has 4 aromatic rings. The van der Waals surface area contributed by atoms with Crippen LogP contribution in [-0.4, -0.2) is 48.8 Å². The number of nitrogens with zero attached hydrogens (tertiary/aromatic N) is 6. The summed E-state index contributed by atoms with van der Waals surface area (Å²) in [5, 5.41) is 16.2. The van der Waals surface area contributed by atoms with Gasteiger partial charge in [0.15, 0.2) is 11.4 Å². The van der Waals surface area contributed by atoms with Gasteiger partial charge in [-0.2, -0.15) is 10.1 Å². The number of aliphatic hydroxyl groups is 1. The lowest BCUT2D eigenvalue weighted by Gasteiger charge is -2.10. The SMILES string of the molecule is CN(C)Cc1nn(-c2ccnc(N)n2)c2cc(C#CC(C)(O)c3ncco3)ccc12. The number of hydrogen-bond donors (Lipinski definition) is 2. The molecule has 0 saturated carbocycles. The number of benzene rings is 1. The van der Waals surface area contributed by atoms with E-state index >= 15 is 0 Å². The molecule has 0 spiro atoms. The van der Waals surface area contributed by atoms with E-state index in [4.69, 9.17) is 15.2 Å². The molecule has 9 nitrogen and oxygen atoms in total. The molecule has 1 unspecified atom stereocenters. The second kappa shape index (κ2) is 7.59. The fourth-order valence-corrected chi connectivity index (χ4v) is 3.04. The minimum Gasteiger partial charge on any atom is -0.445 e. The second-order valence-electron chi connectivity index (χ2n) is 7.26. The van der Waals surface area contributed by atoms with E-state index in [2.05, 4.69) is 26.8 Å². The van der Waals surface area contributed by atoms with Crippen molar-refractivity contribution in [3.63, 3.8) is 0 Å². The largest absolute Gasteiger partial charge is 0.445 e. The maximum Gasteiger partial charge on any atom is 0.238 e. The van der Waals surface area contributed by atoms with Crippen LogP contribution in [0.2, 0.25) is 0 Å². The van der Waals surface area contributed by atoms with Crippen LogP contribution in [0.4, 0.5) is 5.95 Å². The molecule has 1 atom stereocenters. The summed E-state index contributed by atoms with van der Waals surface area (Å²) in [4.78, 5) is 14.3. The summed E-state index contributed by atoms with van der Waals surface area (Å²) in [6.45, 7) is 2.20. The van der Waals surface area contributed by atoms with Crippen LogP contribution in [0.3, 0.4) is 0 Å². The standard InChI is InChI=1S/C21H21N7O2/c1-21(29,19-23-10-11-30-19)8-6-14-4-5-15-16(13-27(2)3)26-28(17(15)12-14)18-7-9-24-20(22)25-18/h4-5,7,9-12,29H,13H2,1-3H3,(H2,22,24,25). The van der Waals surface area contributed by atoms with E-state index in [9.17, 15) is 5.11 Å². The molecular weight excluding hydrogens is 382 g/mol. The molecule has 0 saturated heterocycles. The maximum atomic E-state index is 10.5. The highest BCUT2D eigenvalue weighted by atomic mass is 16.4. The predicted octanol–water partition coefficient (Wildman–Crippen LogP) is 1.71. The van der Waals surface area contributed by atoms with Gasteiger partial charge in [-0.15, -0.1) is 0 Å². The van der Waals surface area contributed by atoms with Crippen molar-refractivity contribution in [1.82, 2.24) is 29.6 Å². The Morgan fingerprint density at radius 3 is 2.77 bits per heavy atom. The average molecular weight is 403 g/mol. The molecule has 0 bridgehead atoms. The van der Waals surface area contributed by atoms with Gasteiger partial charge in [0.25, 0.3) is 0 Å². The Kier molecular flexibility index (Phi) is 4.95. The summed E-state index contributed by atoms with van der Waals surface area (Å²) in [5.41, 5.74) is 6.69. The Hall–Kier alpha value is -3.74. The maximum absolute atomic E-state index is 10.5. The Labute approximate surface area is 173 Å². The van der Waals surface area contributed by atoms with Gasteiger partial charge in [0.05, 0.1) is 17.4 Å². The van der Waals surface area contributed by atoms with Gasteiger partial charge in [0.1, 0.15) is 6.26 Å². The van der Waals surface area contributed by atoms with Crippen molar-refractivity contribution in [3.8, 4) is 17.7 Å². The number of rotatable bonds is 4. The highest BCUT2D eigenvalue weighted by Crippen LogP contribution is 2.24. The third-order valence-electron chi connectivity index (χ3n) is 4.40. The van der Waals surface area contributed by atoms with Gasteiger partial charge in [-0.05, 0) is 39.2 Å². The van der Waals surface area contributed by atoms with Crippen molar-refractivity contribution in [2.45, 2.75) is 19.1 Å². The molecule has 4 rings (SSSR count). The summed E-state index contributed by atoms with van der Waals surface area (Å²) in [7, 11) is 3.97. The van der Waals surface area contributed by atoms with Crippen LogP contribution in [0.1, 0.15) is 24.1 Å². The van der Waals surface area contributed by atoms with Gasteiger partial charge < -0.3 is 20.2 Å². The summed E-state index contributed by atoms with van der Waals surface area (Å²) in [6.07, 6.45) is 4.46. The molecule has 30 heavy (non-hydrogen) atoms. The average Bonchev–Trinajstić information content (AvgIpc) is 3.35. The van der Waals surface area contributed by atoms with Crippen LogP contribution in [0, 0.1) is 11.8 Å². The van der Waals surface area contributed by atoms with Crippen LogP contribution in [-0.2, 0) is 12.1 Å². The number of nitrogen functional groups attached to an aromatic ring is 1. The zero-order valence-corrected chi connectivity index (χ0v) is 16.9. The van der Waals surface area contributed by atoms with Crippen LogP contribution < -0.4 is 5.73 Å². The minimum absolute atomic E-state index is 0.144. The van der Waals surface area contributed by atoms with Crippen LogP contribution in [0.25, 0.3) is 16.7 Å². The third kappa shape index (κ3) is 3.87. The molecule has 0 aliphatic carbocycles. The van der Waals surface area contributed by atoms with Crippen molar-refractivity contribution >= 4 is 16.9 Å². The van der Waals surface area contributed by atoms with Crippen molar-refractivity contribution in [3.05, 3.63) is 60.1 Å². The Morgan fingerprint density at radius 2 is 2.07 bits per heavy atom. The number of nitrogens with two attached hydrogens (primary N) is 1. The van der Waals surface area contributed by atoms with Crippen LogP contribution >= 0.6 is 0 Å². The molecule has 3 N–H and O–H groups in total. The van der Waals surface area contributed by atoms with Crippen molar-refractivity contribution < 1.29 is 9.52 Å². The topological polar surface area (TPSA) is 119 Å². The first kappa shape index (κ1) is 19.6. The van der Waals surface area contributed by atoms with E-state index in [-0.39, 0.29) is 11.8 Å².